The summed E-state index contributed by atoms with van der Waals surface area (Å²) in [7, 11) is 0. The molecule has 4 nitrogen and oxygen atoms in total. The van der Waals surface area contributed by atoms with Crippen LogP contribution in [0.3, 0.4) is 0 Å². The molecule has 1 aliphatic heterocycles. The molecule has 0 bridgehead atoms. The minimum Gasteiger partial charge on any atom is -0.494 e. The van der Waals surface area contributed by atoms with Gasteiger partial charge in [0, 0.05) is 13.1 Å². The third-order valence-electron chi connectivity index (χ3n) is 3.20. The van der Waals surface area contributed by atoms with Crippen molar-refractivity contribution in [3.63, 3.8) is 0 Å². The largest absolute Gasteiger partial charge is 0.494 e. The maximum Gasteiger partial charge on any atom is 0.226 e. The Balaban J connectivity index is 1.91. The molecule has 2 N–H and O–H groups in total. The first-order valence-corrected chi connectivity index (χ1v) is 6.44. The summed E-state index contributed by atoms with van der Waals surface area (Å²) in [5, 5.41) is 6.13. The van der Waals surface area contributed by atoms with E-state index in [1.807, 2.05) is 38.1 Å². The van der Waals surface area contributed by atoms with Gasteiger partial charge in [-0.1, -0.05) is 12.1 Å². The van der Waals surface area contributed by atoms with Crippen LogP contribution in [-0.4, -0.2) is 25.6 Å². The zero-order valence-electron chi connectivity index (χ0n) is 10.9. The van der Waals surface area contributed by atoms with Gasteiger partial charge >= 0.3 is 0 Å². The lowest BCUT2D eigenvalue weighted by Gasteiger charge is -2.27. The average Bonchev–Trinajstić information content (AvgIpc) is 2.27. The molecule has 98 valence electrons. The van der Waals surface area contributed by atoms with E-state index < -0.39 is 0 Å². The number of nitrogens with one attached hydrogen (secondary N) is 2. The van der Waals surface area contributed by atoms with E-state index in [1.54, 1.807) is 0 Å². The third kappa shape index (κ3) is 3.01. The maximum atomic E-state index is 11.8. The molecular formula is C14H20N2O2. The second kappa shape index (κ2) is 5.87. The number of ether oxygens (including phenoxy) is 1. The SMILES string of the molecule is CCOc1ccc(C(C)NC(=O)C2CNC2)cc1. The monoisotopic (exact) mass is 248 g/mol. The van der Waals surface area contributed by atoms with Crippen molar-refractivity contribution >= 4 is 5.91 Å². The molecule has 2 rings (SSSR count). The van der Waals surface area contributed by atoms with Crippen LogP contribution in [0.2, 0.25) is 0 Å². The molecule has 1 aliphatic rings. The molecule has 1 saturated heterocycles. The van der Waals surface area contributed by atoms with Crippen molar-refractivity contribution in [3.8, 4) is 5.75 Å². The topological polar surface area (TPSA) is 50.4 Å². The Labute approximate surface area is 108 Å². The second-order valence-corrected chi connectivity index (χ2v) is 4.59. The van der Waals surface area contributed by atoms with Crippen LogP contribution in [0.15, 0.2) is 24.3 Å². The van der Waals surface area contributed by atoms with Crippen LogP contribution in [0.25, 0.3) is 0 Å². The summed E-state index contributed by atoms with van der Waals surface area (Å²) in [6, 6.07) is 7.90. The Morgan fingerprint density at radius 1 is 1.44 bits per heavy atom. The molecule has 0 aliphatic carbocycles. The van der Waals surface area contributed by atoms with E-state index in [1.165, 1.54) is 0 Å². The summed E-state index contributed by atoms with van der Waals surface area (Å²) in [6.07, 6.45) is 0. The van der Waals surface area contributed by atoms with Gasteiger partial charge in [0.1, 0.15) is 5.75 Å². The van der Waals surface area contributed by atoms with Crippen LogP contribution in [0.4, 0.5) is 0 Å². The van der Waals surface area contributed by atoms with Gasteiger partial charge in [-0.05, 0) is 31.5 Å². The molecule has 1 amide bonds. The molecule has 1 atom stereocenters. The first-order valence-electron chi connectivity index (χ1n) is 6.44. The number of amides is 1. The molecule has 0 radical (unpaired) electrons. The average molecular weight is 248 g/mol. The van der Waals surface area contributed by atoms with Crippen LogP contribution in [0, 0.1) is 5.92 Å². The quantitative estimate of drug-likeness (QED) is 0.830. The number of carbonyl (C=O) groups excluding carboxylic acids is 1. The highest BCUT2D eigenvalue weighted by Crippen LogP contribution is 2.18. The Morgan fingerprint density at radius 2 is 2.11 bits per heavy atom. The minimum atomic E-state index is 0.0359. The third-order valence-corrected chi connectivity index (χ3v) is 3.20. The Morgan fingerprint density at radius 3 is 2.61 bits per heavy atom. The van der Waals surface area contributed by atoms with E-state index in [0.717, 1.165) is 24.4 Å². The normalized spacial score (nSPS) is 16.8. The van der Waals surface area contributed by atoms with Crippen molar-refractivity contribution in [2.24, 2.45) is 5.92 Å². The van der Waals surface area contributed by atoms with Crippen molar-refractivity contribution < 1.29 is 9.53 Å². The molecule has 1 heterocycles. The fourth-order valence-corrected chi connectivity index (χ4v) is 1.91. The number of carbonyl (C=O) groups is 1. The molecule has 1 aromatic carbocycles. The lowest BCUT2D eigenvalue weighted by molar-refractivity contribution is -0.127. The van der Waals surface area contributed by atoms with E-state index >= 15 is 0 Å². The van der Waals surface area contributed by atoms with Gasteiger partial charge < -0.3 is 15.4 Å². The summed E-state index contributed by atoms with van der Waals surface area (Å²) < 4.78 is 5.39. The van der Waals surface area contributed by atoms with Crippen molar-refractivity contribution in [2.75, 3.05) is 19.7 Å². The molecule has 18 heavy (non-hydrogen) atoms. The fraction of sp³-hybridized carbons (Fsp3) is 0.500. The highest BCUT2D eigenvalue weighted by molar-refractivity contribution is 5.80. The Kier molecular flexibility index (Phi) is 4.20. The fourth-order valence-electron chi connectivity index (χ4n) is 1.91. The van der Waals surface area contributed by atoms with Crippen molar-refractivity contribution in [2.45, 2.75) is 19.9 Å². The highest BCUT2D eigenvalue weighted by atomic mass is 16.5. The van der Waals surface area contributed by atoms with Gasteiger partial charge in [-0.2, -0.15) is 0 Å². The number of rotatable bonds is 5. The molecule has 0 saturated carbocycles. The van der Waals surface area contributed by atoms with Gasteiger partial charge in [0.2, 0.25) is 5.91 Å². The molecule has 1 fully saturated rings. The van der Waals surface area contributed by atoms with Crippen molar-refractivity contribution in [1.82, 2.24) is 10.6 Å². The summed E-state index contributed by atoms with van der Waals surface area (Å²) in [5.74, 6) is 1.13. The Bertz CT molecular complexity index is 399. The van der Waals surface area contributed by atoms with E-state index in [-0.39, 0.29) is 17.9 Å². The van der Waals surface area contributed by atoms with Crippen LogP contribution >= 0.6 is 0 Å². The maximum absolute atomic E-state index is 11.8. The second-order valence-electron chi connectivity index (χ2n) is 4.59. The van der Waals surface area contributed by atoms with E-state index in [2.05, 4.69) is 10.6 Å². The van der Waals surface area contributed by atoms with Gasteiger partial charge in [0.15, 0.2) is 0 Å². The predicted octanol–water partition coefficient (Wildman–Crippen LogP) is 1.48. The molecule has 0 spiro atoms. The van der Waals surface area contributed by atoms with E-state index in [4.69, 9.17) is 4.74 Å². The summed E-state index contributed by atoms with van der Waals surface area (Å²) in [4.78, 5) is 11.8. The lowest BCUT2D eigenvalue weighted by atomic mass is 10.0. The number of benzene rings is 1. The van der Waals surface area contributed by atoms with Gasteiger partial charge in [-0.3, -0.25) is 4.79 Å². The van der Waals surface area contributed by atoms with Gasteiger partial charge in [-0.15, -0.1) is 0 Å². The van der Waals surface area contributed by atoms with Crippen molar-refractivity contribution in [1.29, 1.82) is 0 Å². The Hall–Kier alpha value is -1.55. The first kappa shape index (κ1) is 12.9. The summed E-state index contributed by atoms with van der Waals surface area (Å²) >= 11 is 0. The van der Waals surface area contributed by atoms with Crippen LogP contribution in [0.1, 0.15) is 25.5 Å². The molecule has 4 heteroatoms. The zero-order valence-corrected chi connectivity index (χ0v) is 10.9. The standard InChI is InChI=1S/C14H20N2O2/c1-3-18-13-6-4-11(5-7-13)10(2)16-14(17)12-8-15-9-12/h4-7,10,12,15H,3,8-9H2,1-2H3,(H,16,17). The number of hydrogen-bond donors (Lipinski definition) is 2. The van der Waals surface area contributed by atoms with E-state index in [9.17, 15) is 4.79 Å². The van der Waals surface area contributed by atoms with Gasteiger partial charge in [-0.25, -0.2) is 0 Å². The van der Waals surface area contributed by atoms with Gasteiger partial charge in [0.25, 0.3) is 0 Å². The molecular weight excluding hydrogens is 228 g/mol. The van der Waals surface area contributed by atoms with Crippen LogP contribution in [-0.2, 0) is 4.79 Å². The highest BCUT2D eigenvalue weighted by Gasteiger charge is 2.25. The first-order chi connectivity index (χ1) is 8.70. The molecule has 1 unspecified atom stereocenters. The zero-order chi connectivity index (χ0) is 13.0. The minimum absolute atomic E-state index is 0.0359. The number of hydrogen-bond acceptors (Lipinski definition) is 3. The molecule has 0 aromatic heterocycles. The summed E-state index contributed by atoms with van der Waals surface area (Å²) in [6.45, 7) is 6.22. The van der Waals surface area contributed by atoms with Crippen LogP contribution < -0.4 is 15.4 Å². The van der Waals surface area contributed by atoms with Crippen molar-refractivity contribution in [3.05, 3.63) is 29.8 Å². The van der Waals surface area contributed by atoms with Crippen LogP contribution in [0.5, 0.6) is 5.75 Å². The smallest absolute Gasteiger partial charge is 0.226 e. The summed E-state index contributed by atoms with van der Waals surface area (Å²) in [5.41, 5.74) is 1.10. The predicted molar refractivity (Wildman–Crippen MR) is 70.5 cm³/mol. The van der Waals surface area contributed by atoms with Gasteiger partial charge in [0.05, 0.1) is 18.6 Å². The molecule has 1 aromatic rings. The van der Waals surface area contributed by atoms with E-state index in [0.29, 0.717) is 6.61 Å². The lowest BCUT2D eigenvalue weighted by Crippen LogP contribution is -2.51.